The largest absolute Gasteiger partial charge is 0.306 e. The SMILES string of the molecule is C=C1C=Cc2c(c3ccccc3n2-c2c(C#N)c(-n3c4ccccc4c4c5ccccc5ccc43)c(-n3c4ccccc4c4c5ccccc5ccc43)c(-c3ccc(C#N)cc3)c2-n2c3ccccc3c3c4ccccc4ccc32)C/C=C\C=C/1. The van der Waals surface area contributed by atoms with Crippen molar-refractivity contribution in [3.63, 3.8) is 0 Å². The topological polar surface area (TPSA) is 67.3 Å². The van der Waals surface area contributed by atoms with Crippen LogP contribution in [0.3, 0.4) is 0 Å². The monoisotopic (exact) mass is 1080 g/mol. The Morgan fingerprint density at radius 3 is 1.22 bits per heavy atom. The van der Waals surface area contributed by atoms with E-state index in [1.165, 1.54) is 0 Å². The summed E-state index contributed by atoms with van der Waals surface area (Å²) in [6, 6.07) is 87.9. The number of rotatable bonds is 5. The van der Waals surface area contributed by atoms with Gasteiger partial charge in [-0.15, -0.1) is 0 Å². The third-order valence-electron chi connectivity index (χ3n) is 17.7. The highest BCUT2D eigenvalue weighted by Gasteiger charge is 2.36. The van der Waals surface area contributed by atoms with Crippen molar-refractivity contribution in [3.05, 3.63) is 295 Å². The number of fused-ring (bicyclic) bond motifs is 18. The van der Waals surface area contributed by atoms with Crippen LogP contribution in [0, 0.1) is 22.7 Å². The van der Waals surface area contributed by atoms with E-state index in [9.17, 15) is 10.5 Å². The molecule has 17 rings (SSSR count). The fourth-order valence-electron chi connectivity index (χ4n) is 14.2. The number of para-hydroxylation sites is 4. The van der Waals surface area contributed by atoms with Crippen LogP contribution in [0.15, 0.2) is 273 Å². The van der Waals surface area contributed by atoms with Gasteiger partial charge in [0.2, 0.25) is 0 Å². The summed E-state index contributed by atoms with van der Waals surface area (Å²) in [5, 5.41) is 38.3. The lowest BCUT2D eigenvalue weighted by Gasteiger charge is -2.29. The average Bonchev–Trinajstić information content (AvgIpc) is 1.70. The zero-order chi connectivity index (χ0) is 56.4. The Balaban J connectivity index is 1.22. The first-order valence-corrected chi connectivity index (χ1v) is 28.8. The zero-order valence-corrected chi connectivity index (χ0v) is 46.0. The van der Waals surface area contributed by atoms with E-state index < -0.39 is 0 Å². The highest BCUT2D eigenvalue weighted by Crippen LogP contribution is 2.53. The Hall–Kier alpha value is -11.7. The molecule has 6 heteroatoms. The number of benzene rings is 12. The van der Waals surface area contributed by atoms with E-state index in [4.69, 9.17) is 0 Å². The summed E-state index contributed by atoms with van der Waals surface area (Å²) in [6.07, 6.45) is 13.3. The summed E-state index contributed by atoms with van der Waals surface area (Å²) in [4.78, 5) is 0. The van der Waals surface area contributed by atoms with Crippen molar-refractivity contribution in [1.29, 1.82) is 10.5 Å². The van der Waals surface area contributed by atoms with Crippen molar-refractivity contribution in [1.82, 2.24) is 18.3 Å². The molecular formula is C79H48N6. The van der Waals surface area contributed by atoms with E-state index >= 15 is 0 Å². The van der Waals surface area contributed by atoms with Crippen LogP contribution in [0.5, 0.6) is 0 Å². The van der Waals surface area contributed by atoms with Crippen LogP contribution in [0.1, 0.15) is 22.4 Å². The Morgan fingerprint density at radius 1 is 0.341 bits per heavy atom. The molecule has 0 atom stereocenters. The van der Waals surface area contributed by atoms with Crippen molar-refractivity contribution in [2.45, 2.75) is 6.42 Å². The second kappa shape index (κ2) is 18.7. The van der Waals surface area contributed by atoms with Gasteiger partial charge in [-0.2, -0.15) is 10.5 Å². The molecule has 0 spiro atoms. The minimum absolute atomic E-state index is 0.472. The minimum atomic E-state index is 0.472. The minimum Gasteiger partial charge on any atom is -0.306 e. The lowest BCUT2D eigenvalue weighted by atomic mass is 9.92. The van der Waals surface area contributed by atoms with Gasteiger partial charge in [0.15, 0.2) is 0 Å². The Morgan fingerprint density at radius 2 is 0.753 bits per heavy atom. The van der Waals surface area contributed by atoms with Gasteiger partial charge < -0.3 is 18.3 Å². The molecule has 4 heterocycles. The van der Waals surface area contributed by atoms with Crippen LogP contribution in [0.4, 0.5) is 0 Å². The Kier molecular flexibility index (Phi) is 10.6. The molecule has 0 saturated carbocycles. The fraction of sp³-hybridized carbons (Fsp3) is 0.0127. The molecule has 85 heavy (non-hydrogen) atoms. The molecule has 0 bridgehead atoms. The molecule has 394 valence electrons. The van der Waals surface area contributed by atoms with E-state index in [0.29, 0.717) is 28.9 Å². The van der Waals surface area contributed by atoms with Gasteiger partial charge in [-0.25, -0.2) is 0 Å². The highest BCUT2D eigenvalue weighted by atomic mass is 15.1. The maximum Gasteiger partial charge on any atom is 0.104 e. The van der Waals surface area contributed by atoms with Crippen LogP contribution in [-0.4, -0.2) is 18.3 Å². The highest BCUT2D eigenvalue weighted by molar-refractivity contribution is 6.25. The maximum atomic E-state index is 13.2. The molecule has 0 saturated heterocycles. The predicted molar refractivity (Wildman–Crippen MR) is 354 cm³/mol. The molecule has 12 aromatic carbocycles. The van der Waals surface area contributed by atoms with Gasteiger partial charge in [-0.05, 0) is 116 Å². The molecule has 0 aliphatic heterocycles. The number of hydrogen-bond acceptors (Lipinski definition) is 2. The quantitative estimate of drug-likeness (QED) is 0.172. The predicted octanol–water partition coefficient (Wildman–Crippen LogP) is 20.0. The molecule has 6 nitrogen and oxygen atoms in total. The van der Waals surface area contributed by atoms with Crippen molar-refractivity contribution < 1.29 is 0 Å². The van der Waals surface area contributed by atoms with E-state index in [-0.39, 0.29) is 0 Å². The lowest BCUT2D eigenvalue weighted by molar-refractivity contribution is 1.01. The first-order valence-electron chi connectivity index (χ1n) is 28.8. The fourth-order valence-corrected chi connectivity index (χ4v) is 14.2. The average molecular weight is 1080 g/mol. The standard InChI is InChI=1S/C79H48N6/c1-49-19-3-2-4-26-59-58-27-11-15-31-64(58)82(68(59)43-35-49)76-63(48-81)77(83-65-32-16-12-28-60(65)73-55-23-8-5-20-51(55)40-44-69(73)83)79(85-67-34-18-14-30-62(67)75-57-25-10-7-22-53(57)42-46-71(75)85)72(54-38-36-50(47-80)37-39-54)78(76)84-66-33-17-13-29-61(66)74-56-24-9-6-21-52(56)41-45-70(74)84/h2-25,27-46H,1,26H2/b4-2-,19-3-,43-35?. The third kappa shape index (κ3) is 6.92. The molecule has 16 aromatic rings. The normalized spacial score (nSPS) is 13.5. The van der Waals surface area contributed by atoms with E-state index in [1.54, 1.807) is 0 Å². The van der Waals surface area contributed by atoms with Crippen LogP contribution < -0.4 is 0 Å². The maximum absolute atomic E-state index is 13.2. The van der Waals surface area contributed by atoms with Crippen molar-refractivity contribution in [3.8, 4) is 46.0 Å². The summed E-state index contributed by atoms with van der Waals surface area (Å²) >= 11 is 0. The van der Waals surface area contributed by atoms with Crippen molar-refractivity contribution >= 4 is 115 Å². The van der Waals surface area contributed by atoms with Gasteiger partial charge in [-0.1, -0.05) is 213 Å². The molecule has 0 amide bonds. The first-order chi connectivity index (χ1) is 42.1. The smallest absolute Gasteiger partial charge is 0.104 e. The number of hydrogen-bond donors (Lipinski definition) is 0. The van der Waals surface area contributed by atoms with Crippen LogP contribution in [-0.2, 0) is 6.42 Å². The molecule has 1 aliphatic rings. The summed E-state index contributed by atoms with van der Waals surface area (Å²) in [7, 11) is 0. The molecule has 1 aliphatic carbocycles. The number of nitrogens with zero attached hydrogens (tertiary/aromatic N) is 6. The van der Waals surface area contributed by atoms with Gasteiger partial charge in [0.1, 0.15) is 11.6 Å². The molecule has 4 aromatic heterocycles. The molecule has 0 fully saturated rings. The van der Waals surface area contributed by atoms with Gasteiger partial charge in [0.05, 0.1) is 78.7 Å². The lowest BCUT2D eigenvalue weighted by Crippen LogP contribution is -2.17. The molecule has 0 radical (unpaired) electrons. The zero-order valence-electron chi connectivity index (χ0n) is 46.0. The van der Waals surface area contributed by atoms with Crippen molar-refractivity contribution in [2.24, 2.45) is 0 Å². The van der Waals surface area contributed by atoms with E-state index in [2.05, 4.69) is 286 Å². The second-order valence-electron chi connectivity index (χ2n) is 22.2. The first kappa shape index (κ1) is 48.0. The summed E-state index contributed by atoms with van der Waals surface area (Å²) in [6.45, 7) is 4.50. The van der Waals surface area contributed by atoms with Gasteiger partial charge in [0.25, 0.3) is 0 Å². The second-order valence-corrected chi connectivity index (χ2v) is 22.2. The number of aromatic nitrogens is 4. The third-order valence-corrected chi connectivity index (χ3v) is 17.7. The molecule has 0 unspecified atom stereocenters. The van der Waals surface area contributed by atoms with Crippen LogP contribution in [0.2, 0.25) is 0 Å². The van der Waals surface area contributed by atoms with Gasteiger partial charge in [-0.3, -0.25) is 0 Å². The number of nitriles is 2. The summed E-state index contributed by atoms with van der Waals surface area (Å²) < 4.78 is 9.67. The summed E-state index contributed by atoms with van der Waals surface area (Å²) in [5.41, 5.74) is 15.5. The number of allylic oxidation sites excluding steroid dienone is 6. The van der Waals surface area contributed by atoms with Crippen molar-refractivity contribution in [2.75, 3.05) is 0 Å². The van der Waals surface area contributed by atoms with Crippen LogP contribution in [0.25, 0.3) is 149 Å². The van der Waals surface area contributed by atoms with Gasteiger partial charge in [0, 0.05) is 43.3 Å². The van der Waals surface area contributed by atoms with E-state index in [1.807, 2.05) is 18.2 Å². The Bertz CT molecular complexity index is 5790. The Labute approximate surface area is 488 Å². The summed E-state index contributed by atoms with van der Waals surface area (Å²) in [5.74, 6) is 0. The van der Waals surface area contributed by atoms with Gasteiger partial charge >= 0.3 is 0 Å². The van der Waals surface area contributed by atoms with E-state index in [0.717, 1.165) is 148 Å². The molecular weight excluding hydrogens is 1030 g/mol. The molecule has 0 N–H and O–H groups in total. The van der Waals surface area contributed by atoms with Crippen LogP contribution >= 0.6 is 0 Å².